The van der Waals surface area contributed by atoms with Gasteiger partial charge in [-0.2, -0.15) is 0 Å². The Labute approximate surface area is 102 Å². The van der Waals surface area contributed by atoms with E-state index in [1.54, 1.807) is 0 Å². The van der Waals surface area contributed by atoms with E-state index in [1.807, 2.05) is 36.4 Å². The van der Waals surface area contributed by atoms with Crippen LogP contribution >= 0.6 is 0 Å². The van der Waals surface area contributed by atoms with E-state index in [-0.39, 0.29) is 11.5 Å². The molecule has 0 saturated carbocycles. The highest BCUT2D eigenvalue weighted by molar-refractivity contribution is 5.80. The van der Waals surface area contributed by atoms with Crippen molar-refractivity contribution in [3.8, 4) is 11.4 Å². The molecule has 0 aliphatic heterocycles. The van der Waals surface area contributed by atoms with E-state index >= 15 is 0 Å². The zero-order chi connectivity index (χ0) is 12.5. The Kier molecular flexibility index (Phi) is 2.30. The van der Waals surface area contributed by atoms with Gasteiger partial charge >= 0.3 is 0 Å². The standard InChI is InChI=1S/C13H10N4O/c14-13-16-11(7-12(18)17-13)10-6-5-8-3-1-2-4-9(8)15-10/h1-7H,(H3,14,16,17,18). The lowest BCUT2D eigenvalue weighted by atomic mass is 10.2. The Morgan fingerprint density at radius 1 is 1.00 bits per heavy atom. The number of benzene rings is 1. The molecule has 0 spiro atoms. The molecule has 2 aromatic heterocycles. The first-order chi connectivity index (χ1) is 8.72. The maximum Gasteiger partial charge on any atom is 0.252 e. The number of anilines is 1. The summed E-state index contributed by atoms with van der Waals surface area (Å²) in [5, 5.41) is 1.04. The molecule has 88 valence electrons. The molecule has 2 heterocycles. The summed E-state index contributed by atoms with van der Waals surface area (Å²) in [5.41, 5.74) is 7.19. The molecule has 3 N–H and O–H groups in total. The highest BCUT2D eigenvalue weighted by atomic mass is 16.1. The molecule has 0 radical (unpaired) electrons. The quantitative estimate of drug-likeness (QED) is 0.673. The maximum atomic E-state index is 11.3. The molecule has 5 heteroatoms. The van der Waals surface area contributed by atoms with Gasteiger partial charge in [0.25, 0.3) is 5.56 Å². The van der Waals surface area contributed by atoms with E-state index in [0.29, 0.717) is 11.4 Å². The summed E-state index contributed by atoms with van der Waals surface area (Å²) in [4.78, 5) is 22.3. The Morgan fingerprint density at radius 2 is 1.83 bits per heavy atom. The zero-order valence-corrected chi connectivity index (χ0v) is 9.42. The summed E-state index contributed by atoms with van der Waals surface area (Å²) in [6.45, 7) is 0. The highest BCUT2D eigenvalue weighted by Gasteiger charge is 2.04. The molecule has 0 aliphatic carbocycles. The predicted octanol–water partition coefficient (Wildman–Crippen LogP) is 1.57. The Balaban J connectivity index is 2.22. The Hall–Kier alpha value is -2.69. The minimum Gasteiger partial charge on any atom is -0.369 e. The van der Waals surface area contributed by atoms with E-state index in [0.717, 1.165) is 10.9 Å². The smallest absolute Gasteiger partial charge is 0.252 e. The van der Waals surface area contributed by atoms with Crippen molar-refractivity contribution >= 4 is 16.9 Å². The van der Waals surface area contributed by atoms with Crippen molar-refractivity contribution in [2.24, 2.45) is 0 Å². The number of fused-ring (bicyclic) bond motifs is 1. The lowest BCUT2D eigenvalue weighted by Crippen LogP contribution is -2.10. The second kappa shape index (κ2) is 3.96. The van der Waals surface area contributed by atoms with Crippen molar-refractivity contribution in [2.45, 2.75) is 0 Å². The van der Waals surface area contributed by atoms with Gasteiger partial charge in [-0.1, -0.05) is 24.3 Å². The third-order valence-electron chi connectivity index (χ3n) is 2.62. The number of nitrogens with zero attached hydrogens (tertiary/aromatic N) is 2. The second-order valence-corrected chi connectivity index (χ2v) is 3.91. The summed E-state index contributed by atoms with van der Waals surface area (Å²) >= 11 is 0. The second-order valence-electron chi connectivity index (χ2n) is 3.91. The summed E-state index contributed by atoms with van der Waals surface area (Å²) in [6, 6.07) is 12.9. The average molecular weight is 238 g/mol. The van der Waals surface area contributed by atoms with Gasteiger partial charge in [0.15, 0.2) is 0 Å². The molecule has 0 saturated heterocycles. The first kappa shape index (κ1) is 10.5. The number of para-hydroxylation sites is 1. The number of nitrogen functional groups attached to an aromatic ring is 1. The minimum atomic E-state index is -0.285. The van der Waals surface area contributed by atoms with E-state index in [9.17, 15) is 4.79 Å². The van der Waals surface area contributed by atoms with Crippen molar-refractivity contribution in [2.75, 3.05) is 5.73 Å². The lowest BCUT2D eigenvalue weighted by Gasteiger charge is -2.02. The van der Waals surface area contributed by atoms with Gasteiger partial charge in [0, 0.05) is 11.5 Å². The average Bonchev–Trinajstić information content (AvgIpc) is 2.37. The first-order valence-electron chi connectivity index (χ1n) is 5.45. The summed E-state index contributed by atoms with van der Waals surface area (Å²) in [5.74, 6) is 0.0902. The topological polar surface area (TPSA) is 84.7 Å². The van der Waals surface area contributed by atoms with Crippen LogP contribution in [0.25, 0.3) is 22.3 Å². The van der Waals surface area contributed by atoms with Crippen molar-refractivity contribution < 1.29 is 0 Å². The SMILES string of the molecule is Nc1nc(-c2ccc3ccccc3n2)cc(=O)[nH]1. The van der Waals surface area contributed by atoms with E-state index in [1.165, 1.54) is 6.07 Å². The molecular formula is C13H10N4O. The van der Waals surface area contributed by atoms with Crippen molar-refractivity contribution in [3.63, 3.8) is 0 Å². The number of aromatic nitrogens is 3. The highest BCUT2D eigenvalue weighted by Crippen LogP contribution is 2.18. The maximum absolute atomic E-state index is 11.3. The molecule has 1 aromatic carbocycles. The molecule has 18 heavy (non-hydrogen) atoms. The summed E-state index contributed by atoms with van der Waals surface area (Å²) in [6.07, 6.45) is 0. The number of aromatic amines is 1. The Bertz CT molecular complexity index is 779. The van der Waals surface area contributed by atoms with Crippen LogP contribution in [-0.4, -0.2) is 15.0 Å². The number of hydrogen-bond donors (Lipinski definition) is 2. The van der Waals surface area contributed by atoms with Crippen molar-refractivity contribution in [3.05, 3.63) is 52.8 Å². The number of nitrogens with two attached hydrogens (primary N) is 1. The predicted molar refractivity (Wildman–Crippen MR) is 70.0 cm³/mol. The lowest BCUT2D eigenvalue weighted by molar-refractivity contribution is 1.13. The normalized spacial score (nSPS) is 10.7. The van der Waals surface area contributed by atoms with Crippen LogP contribution in [0.1, 0.15) is 0 Å². The van der Waals surface area contributed by atoms with Crippen LogP contribution in [0, 0.1) is 0 Å². The third-order valence-corrected chi connectivity index (χ3v) is 2.62. The molecule has 5 nitrogen and oxygen atoms in total. The van der Waals surface area contributed by atoms with E-state index in [4.69, 9.17) is 5.73 Å². The fourth-order valence-electron chi connectivity index (χ4n) is 1.82. The number of hydrogen-bond acceptors (Lipinski definition) is 4. The van der Waals surface area contributed by atoms with Gasteiger partial charge in [0.1, 0.15) is 0 Å². The van der Waals surface area contributed by atoms with Crippen LogP contribution in [0.15, 0.2) is 47.3 Å². The van der Waals surface area contributed by atoms with E-state index < -0.39 is 0 Å². The molecule has 0 atom stereocenters. The van der Waals surface area contributed by atoms with Crippen LogP contribution < -0.4 is 11.3 Å². The fourth-order valence-corrected chi connectivity index (χ4v) is 1.82. The molecular weight excluding hydrogens is 228 g/mol. The minimum absolute atomic E-state index is 0.0902. The summed E-state index contributed by atoms with van der Waals surface area (Å²) < 4.78 is 0. The molecule has 0 aliphatic rings. The molecule has 3 aromatic rings. The van der Waals surface area contributed by atoms with Gasteiger partial charge in [-0.05, 0) is 12.1 Å². The van der Waals surface area contributed by atoms with Gasteiger partial charge in [-0.3, -0.25) is 9.78 Å². The number of H-pyrrole nitrogens is 1. The summed E-state index contributed by atoms with van der Waals surface area (Å²) in [7, 11) is 0. The molecule has 3 rings (SSSR count). The van der Waals surface area contributed by atoms with Gasteiger partial charge in [0.2, 0.25) is 5.95 Å². The van der Waals surface area contributed by atoms with Crippen LogP contribution in [0.2, 0.25) is 0 Å². The molecule has 0 amide bonds. The third kappa shape index (κ3) is 1.82. The molecule has 0 fully saturated rings. The Morgan fingerprint density at radius 3 is 2.67 bits per heavy atom. The van der Waals surface area contributed by atoms with Crippen molar-refractivity contribution in [1.29, 1.82) is 0 Å². The van der Waals surface area contributed by atoms with Crippen LogP contribution in [0.4, 0.5) is 5.95 Å². The van der Waals surface area contributed by atoms with Crippen molar-refractivity contribution in [1.82, 2.24) is 15.0 Å². The molecule has 0 unspecified atom stereocenters. The number of rotatable bonds is 1. The first-order valence-corrected chi connectivity index (χ1v) is 5.45. The molecule has 0 bridgehead atoms. The number of nitrogens with one attached hydrogen (secondary N) is 1. The van der Waals surface area contributed by atoms with E-state index in [2.05, 4.69) is 15.0 Å². The van der Waals surface area contributed by atoms with Gasteiger partial charge in [0.05, 0.1) is 16.9 Å². The largest absolute Gasteiger partial charge is 0.369 e. The fraction of sp³-hybridized carbons (Fsp3) is 0. The van der Waals surface area contributed by atoms with Gasteiger partial charge < -0.3 is 5.73 Å². The van der Waals surface area contributed by atoms with Gasteiger partial charge in [-0.25, -0.2) is 9.97 Å². The monoisotopic (exact) mass is 238 g/mol. The van der Waals surface area contributed by atoms with Gasteiger partial charge in [-0.15, -0.1) is 0 Å². The van der Waals surface area contributed by atoms with Crippen LogP contribution in [0.3, 0.4) is 0 Å². The number of pyridine rings is 1. The van der Waals surface area contributed by atoms with Crippen LogP contribution in [0.5, 0.6) is 0 Å². The van der Waals surface area contributed by atoms with Crippen LogP contribution in [-0.2, 0) is 0 Å². The zero-order valence-electron chi connectivity index (χ0n) is 9.42.